The summed E-state index contributed by atoms with van der Waals surface area (Å²) in [6.07, 6.45) is 4.91. The van der Waals surface area contributed by atoms with E-state index >= 15 is 0 Å². The molecule has 0 saturated carbocycles. The van der Waals surface area contributed by atoms with Gasteiger partial charge in [-0.2, -0.15) is 0 Å². The van der Waals surface area contributed by atoms with Crippen LogP contribution in [-0.4, -0.2) is 12.8 Å². The Hall–Kier alpha value is -0.790. The van der Waals surface area contributed by atoms with Gasteiger partial charge >= 0.3 is 0 Å². The first-order chi connectivity index (χ1) is 3.89. The second-order valence-electron chi connectivity index (χ2n) is 1.84. The smallest absolute Gasteiger partial charge is 0.0525 e. The molecule has 0 unspecified atom stereocenters. The van der Waals surface area contributed by atoms with Crippen LogP contribution in [0.2, 0.25) is 0 Å². The van der Waals surface area contributed by atoms with Crippen LogP contribution in [-0.2, 0) is 0 Å². The lowest BCUT2D eigenvalue weighted by atomic mass is 10.5. The molecule has 44 valence electrons. The summed E-state index contributed by atoms with van der Waals surface area (Å²) >= 11 is 0. The van der Waals surface area contributed by atoms with Crippen molar-refractivity contribution in [2.75, 3.05) is 6.54 Å². The molecular weight excluding hydrogens is 100 g/mol. The molecule has 0 amide bonds. The zero-order valence-electron chi connectivity index (χ0n) is 5.02. The van der Waals surface area contributed by atoms with Gasteiger partial charge < -0.3 is 5.32 Å². The van der Waals surface area contributed by atoms with Crippen molar-refractivity contribution in [3.8, 4) is 0 Å². The number of rotatable bonds is 0. The molecule has 8 heavy (non-hydrogen) atoms. The minimum Gasteiger partial charge on any atom is -0.389 e. The Bertz CT molecular complexity index is 124. The van der Waals surface area contributed by atoms with Crippen LogP contribution in [0.1, 0.15) is 13.3 Å². The third-order valence-corrected chi connectivity index (χ3v) is 1.02. The van der Waals surface area contributed by atoms with Crippen LogP contribution in [0.3, 0.4) is 0 Å². The van der Waals surface area contributed by atoms with Gasteiger partial charge in [0, 0.05) is 19.0 Å². The SMILES string of the molecule is CC1=CNCCC=N1. The van der Waals surface area contributed by atoms with Gasteiger partial charge in [-0.05, 0) is 13.3 Å². The van der Waals surface area contributed by atoms with E-state index in [4.69, 9.17) is 0 Å². The fourth-order valence-electron chi connectivity index (χ4n) is 0.614. The summed E-state index contributed by atoms with van der Waals surface area (Å²) < 4.78 is 0. The van der Waals surface area contributed by atoms with Crippen molar-refractivity contribution in [3.63, 3.8) is 0 Å². The predicted octanol–water partition coefficient (Wildman–Crippen LogP) is 0.912. The van der Waals surface area contributed by atoms with Gasteiger partial charge in [0.1, 0.15) is 0 Å². The Morgan fingerprint density at radius 3 is 3.50 bits per heavy atom. The Morgan fingerprint density at radius 2 is 2.62 bits per heavy atom. The molecule has 2 nitrogen and oxygen atoms in total. The van der Waals surface area contributed by atoms with E-state index < -0.39 is 0 Å². The molecule has 0 saturated heterocycles. The highest BCUT2D eigenvalue weighted by Gasteiger charge is 1.86. The number of nitrogens with zero attached hydrogens (tertiary/aromatic N) is 1. The zero-order chi connectivity index (χ0) is 5.82. The number of nitrogens with one attached hydrogen (secondary N) is 1. The third kappa shape index (κ3) is 1.37. The monoisotopic (exact) mass is 110 g/mol. The molecular formula is C6H10N2. The van der Waals surface area contributed by atoms with Crippen LogP contribution in [0.5, 0.6) is 0 Å². The maximum atomic E-state index is 4.10. The molecule has 1 N–H and O–H groups in total. The molecule has 0 fully saturated rings. The maximum Gasteiger partial charge on any atom is 0.0525 e. The fraction of sp³-hybridized carbons (Fsp3) is 0.500. The molecule has 1 aliphatic heterocycles. The molecule has 0 bridgehead atoms. The van der Waals surface area contributed by atoms with E-state index in [1.165, 1.54) is 0 Å². The standard InChI is InChI=1S/C6H10N2/c1-6-5-7-3-2-4-8-6/h4-5,7H,2-3H2,1H3. The van der Waals surface area contributed by atoms with Crippen LogP contribution in [0.25, 0.3) is 0 Å². The summed E-state index contributed by atoms with van der Waals surface area (Å²) in [6, 6.07) is 0. The molecule has 0 aromatic heterocycles. The Balaban J connectivity index is 2.55. The molecule has 0 aromatic rings. The first-order valence-electron chi connectivity index (χ1n) is 2.82. The number of allylic oxidation sites excluding steroid dienone is 1. The molecule has 0 aliphatic carbocycles. The van der Waals surface area contributed by atoms with E-state index in [0.717, 1.165) is 18.7 Å². The molecule has 0 radical (unpaired) electrons. The first kappa shape index (κ1) is 5.35. The van der Waals surface area contributed by atoms with Crippen molar-refractivity contribution in [2.45, 2.75) is 13.3 Å². The first-order valence-corrected chi connectivity index (χ1v) is 2.82. The van der Waals surface area contributed by atoms with E-state index in [9.17, 15) is 0 Å². The van der Waals surface area contributed by atoms with Crippen LogP contribution in [0, 0.1) is 0 Å². The Morgan fingerprint density at radius 1 is 1.75 bits per heavy atom. The summed E-state index contributed by atoms with van der Waals surface area (Å²) in [6.45, 7) is 3.00. The molecule has 1 aliphatic rings. The highest BCUT2D eigenvalue weighted by atomic mass is 14.9. The highest BCUT2D eigenvalue weighted by molar-refractivity contribution is 5.59. The minimum absolute atomic E-state index is 1.01. The van der Waals surface area contributed by atoms with Crippen molar-refractivity contribution in [1.29, 1.82) is 0 Å². The molecule has 1 rings (SSSR count). The highest BCUT2D eigenvalue weighted by Crippen LogP contribution is 1.93. The largest absolute Gasteiger partial charge is 0.389 e. The quantitative estimate of drug-likeness (QED) is 0.492. The maximum absolute atomic E-state index is 4.10. The number of hydrogen-bond acceptors (Lipinski definition) is 2. The second kappa shape index (κ2) is 2.50. The van der Waals surface area contributed by atoms with Crippen molar-refractivity contribution >= 4 is 6.21 Å². The lowest BCUT2D eigenvalue weighted by molar-refractivity contribution is 0.881. The third-order valence-electron chi connectivity index (χ3n) is 1.02. The van der Waals surface area contributed by atoms with E-state index in [1.807, 2.05) is 19.3 Å². The van der Waals surface area contributed by atoms with Crippen molar-refractivity contribution in [2.24, 2.45) is 4.99 Å². The zero-order valence-corrected chi connectivity index (χ0v) is 5.02. The summed E-state index contributed by atoms with van der Waals surface area (Å²) in [4.78, 5) is 4.10. The summed E-state index contributed by atoms with van der Waals surface area (Å²) in [7, 11) is 0. The van der Waals surface area contributed by atoms with Crippen LogP contribution >= 0.6 is 0 Å². The predicted molar refractivity (Wildman–Crippen MR) is 34.9 cm³/mol. The number of aliphatic imine (C=N–C) groups is 1. The molecule has 0 spiro atoms. The summed E-state index contributed by atoms with van der Waals surface area (Å²) in [5, 5.41) is 3.11. The van der Waals surface area contributed by atoms with Crippen LogP contribution in [0.4, 0.5) is 0 Å². The van der Waals surface area contributed by atoms with Gasteiger partial charge in [-0.3, -0.25) is 4.99 Å². The normalized spacial score (nSPS) is 18.9. The van der Waals surface area contributed by atoms with Gasteiger partial charge in [-0.15, -0.1) is 0 Å². The molecule has 2 heteroatoms. The van der Waals surface area contributed by atoms with Gasteiger partial charge in [0.15, 0.2) is 0 Å². The summed E-state index contributed by atoms with van der Waals surface area (Å²) in [5.74, 6) is 0. The Kier molecular flexibility index (Phi) is 1.67. The van der Waals surface area contributed by atoms with E-state index in [2.05, 4.69) is 10.3 Å². The van der Waals surface area contributed by atoms with Gasteiger partial charge in [-0.1, -0.05) is 0 Å². The minimum atomic E-state index is 1.01. The average Bonchev–Trinajstić information content (AvgIpc) is 1.94. The lowest BCUT2D eigenvalue weighted by Gasteiger charge is -1.90. The topological polar surface area (TPSA) is 24.4 Å². The van der Waals surface area contributed by atoms with E-state index in [1.54, 1.807) is 0 Å². The van der Waals surface area contributed by atoms with E-state index in [0.29, 0.717) is 0 Å². The van der Waals surface area contributed by atoms with Gasteiger partial charge in [0.05, 0.1) is 5.70 Å². The lowest BCUT2D eigenvalue weighted by Crippen LogP contribution is -2.05. The van der Waals surface area contributed by atoms with Crippen LogP contribution < -0.4 is 5.32 Å². The molecule has 0 aromatic carbocycles. The fourth-order valence-corrected chi connectivity index (χ4v) is 0.614. The van der Waals surface area contributed by atoms with Gasteiger partial charge in [0.2, 0.25) is 0 Å². The summed E-state index contributed by atoms with van der Waals surface area (Å²) in [5.41, 5.74) is 1.06. The van der Waals surface area contributed by atoms with Crippen LogP contribution in [0.15, 0.2) is 16.9 Å². The molecule has 1 heterocycles. The van der Waals surface area contributed by atoms with Crippen molar-refractivity contribution in [3.05, 3.63) is 11.9 Å². The number of hydrogen-bond donors (Lipinski definition) is 1. The average molecular weight is 110 g/mol. The van der Waals surface area contributed by atoms with Crippen molar-refractivity contribution < 1.29 is 0 Å². The van der Waals surface area contributed by atoms with Gasteiger partial charge in [0.25, 0.3) is 0 Å². The van der Waals surface area contributed by atoms with E-state index in [-0.39, 0.29) is 0 Å². The van der Waals surface area contributed by atoms with Gasteiger partial charge in [-0.25, -0.2) is 0 Å². The molecule has 0 atom stereocenters. The Labute approximate surface area is 49.3 Å². The second-order valence-corrected chi connectivity index (χ2v) is 1.84. The van der Waals surface area contributed by atoms with Crippen molar-refractivity contribution in [1.82, 2.24) is 5.32 Å².